The molecule has 1 fully saturated rings. The number of hydrogen-bond donors (Lipinski definition) is 1. The van der Waals surface area contributed by atoms with Gasteiger partial charge in [-0.25, -0.2) is 8.42 Å². The van der Waals surface area contributed by atoms with E-state index in [1.165, 1.54) is 12.8 Å². The number of rotatable bonds is 4. The van der Waals surface area contributed by atoms with Crippen molar-refractivity contribution in [2.45, 2.75) is 38.6 Å². The number of hydrogen-bond acceptors (Lipinski definition) is 3. The van der Waals surface area contributed by atoms with Gasteiger partial charge in [-0.1, -0.05) is 13.3 Å². The Bertz CT molecular complexity index is 222. The molecule has 0 unspecified atom stereocenters. The molecule has 0 aromatic carbocycles. The van der Waals surface area contributed by atoms with E-state index in [0.29, 0.717) is 17.5 Å². The lowest BCUT2D eigenvalue weighted by atomic mass is 10.1. The lowest BCUT2D eigenvalue weighted by Gasteiger charge is -2.22. The Morgan fingerprint density at radius 2 is 1.92 bits per heavy atom. The van der Waals surface area contributed by atoms with Crippen LogP contribution in [-0.4, -0.2) is 32.5 Å². The second kappa shape index (κ2) is 4.96. The average Bonchev–Trinajstić information content (AvgIpc) is 2.08. The minimum atomic E-state index is -2.69. The summed E-state index contributed by atoms with van der Waals surface area (Å²) in [5, 5.41) is 3.40. The van der Waals surface area contributed by atoms with Gasteiger partial charge in [-0.2, -0.15) is 0 Å². The maximum absolute atomic E-state index is 11.1. The number of unbranched alkanes of at least 4 members (excludes halogenated alkanes) is 1. The first-order valence-corrected chi connectivity index (χ1v) is 6.90. The van der Waals surface area contributed by atoms with Crippen LogP contribution in [0.25, 0.3) is 0 Å². The van der Waals surface area contributed by atoms with Crippen molar-refractivity contribution in [3.8, 4) is 0 Å². The molecule has 0 saturated carbocycles. The van der Waals surface area contributed by atoms with Gasteiger partial charge < -0.3 is 5.32 Å². The molecule has 0 radical (unpaired) electrons. The summed E-state index contributed by atoms with van der Waals surface area (Å²) in [7, 11) is -2.69. The van der Waals surface area contributed by atoms with Gasteiger partial charge in [-0.15, -0.1) is 0 Å². The molecule has 3 nitrogen and oxygen atoms in total. The normalized spacial score (nSPS) is 23.2. The first-order valence-electron chi connectivity index (χ1n) is 5.08. The van der Waals surface area contributed by atoms with E-state index in [2.05, 4.69) is 12.2 Å². The maximum atomic E-state index is 11.1. The predicted molar refractivity (Wildman–Crippen MR) is 54.6 cm³/mol. The molecule has 1 aliphatic rings. The van der Waals surface area contributed by atoms with Crippen LogP contribution in [0.15, 0.2) is 0 Å². The van der Waals surface area contributed by atoms with E-state index in [1.54, 1.807) is 0 Å². The fraction of sp³-hybridized carbons (Fsp3) is 1.00. The zero-order valence-electron chi connectivity index (χ0n) is 8.25. The van der Waals surface area contributed by atoms with Crippen LogP contribution in [0, 0.1) is 0 Å². The summed E-state index contributed by atoms with van der Waals surface area (Å²) in [6, 6.07) is 0.440. The summed E-state index contributed by atoms with van der Waals surface area (Å²) in [6.07, 6.45) is 3.97. The summed E-state index contributed by atoms with van der Waals surface area (Å²) in [4.78, 5) is 0. The standard InChI is InChI=1S/C9H19NO2S/c1-2-3-6-10-9-4-7-13(11,12)8-5-9/h9-10H,2-8H2,1H3. The summed E-state index contributed by atoms with van der Waals surface area (Å²) in [5.41, 5.74) is 0. The van der Waals surface area contributed by atoms with Crippen molar-refractivity contribution >= 4 is 9.84 Å². The van der Waals surface area contributed by atoms with E-state index in [0.717, 1.165) is 19.4 Å². The molecule has 0 aromatic rings. The Morgan fingerprint density at radius 1 is 1.31 bits per heavy atom. The third kappa shape index (κ3) is 4.09. The molecule has 0 aliphatic carbocycles. The molecule has 0 atom stereocenters. The van der Waals surface area contributed by atoms with Gasteiger partial charge in [-0.05, 0) is 25.8 Å². The SMILES string of the molecule is CCCCNC1CCS(=O)(=O)CC1. The molecule has 1 rings (SSSR count). The first-order chi connectivity index (χ1) is 6.14. The van der Waals surface area contributed by atoms with Crippen LogP contribution in [-0.2, 0) is 9.84 Å². The van der Waals surface area contributed by atoms with Crippen LogP contribution in [0.4, 0.5) is 0 Å². The summed E-state index contributed by atoms with van der Waals surface area (Å²) in [5.74, 6) is 0.744. The second-order valence-corrected chi connectivity index (χ2v) is 6.04. The van der Waals surface area contributed by atoms with Crippen molar-refractivity contribution < 1.29 is 8.42 Å². The second-order valence-electron chi connectivity index (χ2n) is 3.73. The highest BCUT2D eigenvalue weighted by Gasteiger charge is 2.22. The van der Waals surface area contributed by atoms with E-state index in [9.17, 15) is 8.42 Å². The molecule has 13 heavy (non-hydrogen) atoms. The third-order valence-electron chi connectivity index (χ3n) is 2.52. The third-order valence-corrected chi connectivity index (χ3v) is 4.23. The molecule has 78 valence electrons. The minimum Gasteiger partial charge on any atom is -0.314 e. The molecule has 1 aliphatic heterocycles. The van der Waals surface area contributed by atoms with Crippen molar-refractivity contribution in [1.29, 1.82) is 0 Å². The highest BCUT2D eigenvalue weighted by molar-refractivity contribution is 7.91. The van der Waals surface area contributed by atoms with Crippen molar-refractivity contribution in [3.63, 3.8) is 0 Å². The smallest absolute Gasteiger partial charge is 0.150 e. The van der Waals surface area contributed by atoms with Crippen LogP contribution in [0.3, 0.4) is 0 Å². The maximum Gasteiger partial charge on any atom is 0.150 e. The molecule has 1 saturated heterocycles. The van der Waals surface area contributed by atoms with E-state index in [1.807, 2.05) is 0 Å². The zero-order valence-corrected chi connectivity index (χ0v) is 9.07. The highest BCUT2D eigenvalue weighted by atomic mass is 32.2. The molecule has 1 N–H and O–H groups in total. The number of nitrogens with one attached hydrogen (secondary N) is 1. The zero-order chi connectivity index (χ0) is 9.73. The summed E-state index contributed by atoms with van der Waals surface area (Å²) < 4.78 is 22.2. The fourth-order valence-corrected chi connectivity index (χ4v) is 3.07. The van der Waals surface area contributed by atoms with Gasteiger partial charge >= 0.3 is 0 Å². The van der Waals surface area contributed by atoms with Crippen LogP contribution < -0.4 is 5.32 Å². The lowest BCUT2D eigenvalue weighted by molar-refractivity contribution is 0.458. The molecular weight excluding hydrogens is 186 g/mol. The largest absolute Gasteiger partial charge is 0.314 e. The van der Waals surface area contributed by atoms with E-state index in [4.69, 9.17) is 0 Å². The lowest BCUT2D eigenvalue weighted by Crippen LogP contribution is -2.37. The van der Waals surface area contributed by atoms with Crippen LogP contribution in [0.5, 0.6) is 0 Å². The Hall–Kier alpha value is -0.0900. The van der Waals surface area contributed by atoms with Crippen molar-refractivity contribution in [2.75, 3.05) is 18.1 Å². The Kier molecular flexibility index (Phi) is 4.19. The molecule has 0 spiro atoms. The first kappa shape index (κ1) is 11.0. The molecule has 0 amide bonds. The van der Waals surface area contributed by atoms with Gasteiger partial charge in [0.25, 0.3) is 0 Å². The quantitative estimate of drug-likeness (QED) is 0.695. The monoisotopic (exact) mass is 205 g/mol. The molecule has 4 heteroatoms. The Balaban J connectivity index is 2.18. The van der Waals surface area contributed by atoms with E-state index < -0.39 is 9.84 Å². The van der Waals surface area contributed by atoms with Gasteiger partial charge in [0.15, 0.2) is 0 Å². The topological polar surface area (TPSA) is 46.2 Å². The van der Waals surface area contributed by atoms with Crippen LogP contribution in [0.1, 0.15) is 32.6 Å². The minimum absolute atomic E-state index is 0.372. The molecule has 0 aromatic heterocycles. The molecular formula is C9H19NO2S. The summed E-state index contributed by atoms with van der Waals surface area (Å²) >= 11 is 0. The van der Waals surface area contributed by atoms with Gasteiger partial charge in [-0.3, -0.25) is 0 Å². The summed E-state index contributed by atoms with van der Waals surface area (Å²) in [6.45, 7) is 3.19. The van der Waals surface area contributed by atoms with Crippen molar-refractivity contribution in [3.05, 3.63) is 0 Å². The van der Waals surface area contributed by atoms with Gasteiger partial charge in [0.2, 0.25) is 0 Å². The van der Waals surface area contributed by atoms with Gasteiger partial charge in [0.1, 0.15) is 9.84 Å². The van der Waals surface area contributed by atoms with E-state index >= 15 is 0 Å². The van der Waals surface area contributed by atoms with Gasteiger partial charge in [0, 0.05) is 6.04 Å². The fourth-order valence-electron chi connectivity index (χ4n) is 1.58. The Labute approximate surface area is 80.8 Å². The van der Waals surface area contributed by atoms with E-state index in [-0.39, 0.29) is 0 Å². The average molecular weight is 205 g/mol. The van der Waals surface area contributed by atoms with Crippen molar-refractivity contribution in [1.82, 2.24) is 5.32 Å². The Morgan fingerprint density at radius 3 is 2.46 bits per heavy atom. The molecule has 1 heterocycles. The van der Waals surface area contributed by atoms with Crippen LogP contribution >= 0.6 is 0 Å². The van der Waals surface area contributed by atoms with Gasteiger partial charge in [0.05, 0.1) is 11.5 Å². The van der Waals surface area contributed by atoms with Crippen molar-refractivity contribution in [2.24, 2.45) is 0 Å². The highest BCUT2D eigenvalue weighted by Crippen LogP contribution is 2.11. The number of sulfone groups is 1. The molecule has 0 bridgehead atoms. The van der Waals surface area contributed by atoms with Crippen LogP contribution in [0.2, 0.25) is 0 Å². The predicted octanol–water partition coefficient (Wildman–Crippen LogP) is 0.953.